The minimum Gasteiger partial charge on any atom is -0.493 e. The normalized spacial score (nSPS) is 15.4. The number of nitrogens with one attached hydrogen (secondary N) is 2. The van der Waals surface area contributed by atoms with Crippen LogP contribution in [0.2, 0.25) is 0 Å². The highest BCUT2D eigenvalue weighted by Gasteiger charge is 2.34. The van der Waals surface area contributed by atoms with E-state index in [9.17, 15) is 22.8 Å². The average Bonchev–Trinajstić information content (AvgIpc) is 4.04. The Morgan fingerprint density at radius 2 is 1.51 bits per heavy atom. The largest absolute Gasteiger partial charge is 0.573 e. The third kappa shape index (κ3) is 10.1. The third-order valence-electron chi connectivity index (χ3n) is 12.2. The molecule has 18 heteroatoms. The Labute approximate surface area is 395 Å². The molecule has 4 heterocycles. The molecule has 3 unspecified atom stereocenters. The number of aromatic nitrogens is 4. The van der Waals surface area contributed by atoms with E-state index in [1.807, 2.05) is 43.3 Å². The van der Waals surface area contributed by atoms with Gasteiger partial charge < -0.3 is 31.6 Å². The summed E-state index contributed by atoms with van der Waals surface area (Å²) < 4.78 is 68.9. The number of amides is 2. The van der Waals surface area contributed by atoms with Crippen LogP contribution in [0.3, 0.4) is 0 Å². The molecule has 3 atom stereocenters. The molecular weight excluding hydrogens is 917 g/mol. The van der Waals surface area contributed by atoms with Crippen molar-refractivity contribution in [3.63, 3.8) is 0 Å². The molecule has 1 saturated carbocycles. The van der Waals surface area contributed by atoms with Crippen LogP contribution in [0.15, 0.2) is 97.3 Å². The molecule has 0 aliphatic heterocycles. The summed E-state index contributed by atoms with van der Waals surface area (Å²) in [5, 5.41) is 6.59. The number of nitrogens with two attached hydrogens (primary N) is 2. The van der Waals surface area contributed by atoms with Crippen LogP contribution in [-0.4, -0.2) is 44.7 Å². The minimum absolute atomic E-state index is 0.0341. The average molecular weight is 961 g/mol. The molecular formula is C50H44F4N8O4S2. The summed E-state index contributed by atoms with van der Waals surface area (Å²) in [4.78, 5) is 44.8. The fourth-order valence-corrected chi connectivity index (χ4v) is 10.2. The van der Waals surface area contributed by atoms with E-state index in [1.54, 1.807) is 56.4 Å². The van der Waals surface area contributed by atoms with Gasteiger partial charge in [-0.25, -0.2) is 14.4 Å². The molecule has 12 nitrogen and oxygen atoms in total. The second kappa shape index (κ2) is 18.8. The van der Waals surface area contributed by atoms with Crippen molar-refractivity contribution in [2.75, 3.05) is 18.1 Å². The van der Waals surface area contributed by atoms with Crippen LogP contribution in [-0.2, 0) is 6.54 Å². The highest BCUT2D eigenvalue weighted by atomic mass is 32.1. The van der Waals surface area contributed by atoms with E-state index in [4.69, 9.17) is 16.2 Å². The predicted octanol–water partition coefficient (Wildman–Crippen LogP) is 11.2. The molecule has 68 heavy (non-hydrogen) atoms. The summed E-state index contributed by atoms with van der Waals surface area (Å²) in [5.41, 5.74) is 19.3. The monoisotopic (exact) mass is 960 g/mol. The first-order valence-electron chi connectivity index (χ1n) is 21.7. The predicted molar refractivity (Wildman–Crippen MR) is 256 cm³/mol. The lowest BCUT2D eigenvalue weighted by molar-refractivity contribution is -0.275. The van der Waals surface area contributed by atoms with Crippen LogP contribution >= 0.6 is 22.7 Å². The molecule has 0 spiro atoms. The van der Waals surface area contributed by atoms with Gasteiger partial charge in [0.05, 0.1) is 49.9 Å². The number of ether oxygens (including phenoxy) is 2. The maximum absolute atomic E-state index is 15.4. The summed E-state index contributed by atoms with van der Waals surface area (Å²) >= 11 is 2.71. The maximum atomic E-state index is 15.4. The van der Waals surface area contributed by atoms with Gasteiger partial charge in [0.1, 0.15) is 17.3 Å². The number of hydrogen-bond acceptors (Lipinski definition) is 12. The zero-order valence-electron chi connectivity index (χ0n) is 36.9. The Hall–Kier alpha value is -7.18. The number of rotatable bonds is 13. The first kappa shape index (κ1) is 46.0. The molecule has 9 rings (SSSR count). The minimum atomic E-state index is -4.97. The summed E-state index contributed by atoms with van der Waals surface area (Å²) in [7, 11) is 0. The fraction of sp³-hybridized carbons (Fsp3) is 0.240. The number of nitrogens with zero attached hydrogens (tertiary/aromatic N) is 4. The highest BCUT2D eigenvalue weighted by Crippen LogP contribution is 2.42. The van der Waals surface area contributed by atoms with Gasteiger partial charge in [-0.2, -0.15) is 0 Å². The molecule has 8 aromatic rings. The molecule has 0 bridgehead atoms. The van der Waals surface area contributed by atoms with Crippen molar-refractivity contribution in [3.05, 3.63) is 142 Å². The summed E-state index contributed by atoms with van der Waals surface area (Å²) in [6.07, 6.45) is 0.256. The lowest BCUT2D eigenvalue weighted by Crippen LogP contribution is -2.28. The molecule has 4 aromatic heterocycles. The first-order chi connectivity index (χ1) is 32.5. The van der Waals surface area contributed by atoms with Gasteiger partial charge in [0.2, 0.25) is 0 Å². The van der Waals surface area contributed by atoms with Crippen LogP contribution < -0.4 is 31.6 Å². The molecule has 4 aromatic carbocycles. The van der Waals surface area contributed by atoms with Gasteiger partial charge in [-0.3, -0.25) is 19.6 Å². The quantitative estimate of drug-likeness (QED) is 0.0812. The van der Waals surface area contributed by atoms with Crippen molar-refractivity contribution in [2.45, 2.75) is 64.9 Å². The summed E-state index contributed by atoms with van der Waals surface area (Å²) in [6.45, 7) is 5.25. The molecule has 0 radical (unpaired) electrons. The van der Waals surface area contributed by atoms with Gasteiger partial charge in [-0.05, 0) is 129 Å². The number of alkyl halides is 3. The van der Waals surface area contributed by atoms with E-state index in [-0.39, 0.29) is 47.4 Å². The van der Waals surface area contributed by atoms with Crippen molar-refractivity contribution >= 4 is 65.2 Å². The van der Waals surface area contributed by atoms with Crippen LogP contribution in [0.5, 0.6) is 11.5 Å². The van der Waals surface area contributed by atoms with Crippen LogP contribution in [0, 0.1) is 25.6 Å². The molecule has 2 amide bonds. The number of aryl methyl sites for hydroxylation is 2. The fourth-order valence-electron chi connectivity index (χ4n) is 8.68. The smallest absolute Gasteiger partial charge is 0.493 e. The molecule has 0 saturated heterocycles. The molecule has 348 valence electrons. The van der Waals surface area contributed by atoms with Gasteiger partial charge in [0, 0.05) is 46.9 Å². The van der Waals surface area contributed by atoms with Gasteiger partial charge in [0.25, 0.3) is 11.8 Å². The number of carbonyl (C=O) groups excluding carboxylic acids is 2. The van der Waals surface area contributed by atoms with Crippen molar-refractivity contribution in [1.82, 2.24) is 30.6 Å². The van der Waals surface area contributed by atoms with Crippen LogP contribution in [0.25, 0.3) is 42.7 Å². The zero-order valence-corrected chi connectivity index (χ0v) is 38.5. The molecule has 1 aliphatic carbocycles. The van der Waals surface area contributed by atoms with E-state index in [0.29, 0.717) is 39.2 Å². The number of anilines is 2. The Bertz CT molecular complexity index is 3230. The summed E-state index contributed by atoms with van der Waals surface area (Å²) in [6, 6.07) is 23.0. The number of nitrogen functional groups attached to an aromatic ring is 2. The van der Waals surface area contributed by atoms with E-state index in [0.717, 1.165) is 55.5 Å². The SMILES string of the molecule is Cc1ncc(-c2ccc3nc(N)sc3c2)cc1C(=O)NCc1c(F)cccc1OCC1CCC(c2ccc(OC(F)(F)F)c(C(C)NC(=O)c3cnc(C)c(-c4ccc5nc(N)sc5c4)c3)c2)C1. The van der Waals surface area contributed by atoms with Gasteiger partial charge in [0.15, 0.2) is 10.3 Å². The number of fused-ring (bicyclic) bond motifs is 2. The van der Waals surface area contributed by atoms with Crippen molar-refractivity contribution in [3.8, 4) is 33.8 Å². The molecule has 1 aliphatic rings. The number of pyridine rings is 2. The summed E-state index contributed by atoms with van der Waals surface area (Å²) in [5.74, 6) is -1.63. The van der Waals surface area contributed by atoms with Crippen molar-refractivity contribution < 1.29 is 36.6 Å². The second-order valence-corrected chi connectivity index (χ2v) is 18.9. The Kier molecular flexibility index (Phi) is 12.7. The van der Waals surface area contributed by atoms with Crippen LogP contribution in [0.1, 0.15) is 86.9 Å². The van der Waals surface area contributed by atoms with Gasteiger partial charge >= 0.3 is 6.36 Å². The van der Waals surface area contributed by atoms with Crippen molar-refractivity contribution in [2.24, 2.45) is 5.92 Å². The third-order valence-corrected chi connectivity index (χ3v) is 13.9. The van der Waals surface area contributed by atoms with Crippen LogP contribution in [0.4, 0.5) is 27.8 Å². The van der Waals surface area contributed by atoms with Crippen molar-refractivity contribution in [1.29, 1.82) is 0 Å². The topological polar surface area (TPSA) is 180 Å². The Morgan fingerprint density at radius 3 is 2.25 bits per heavy atom. The number of benzene rings is 4. The first-order valence-corrected chi connectivity index (χ1v) is 23.3. The molecule has 6 N–H and O–H groups in total. The van der Waals surface area contributed by atoms with Gasteiger partial charge in [-0.1, -0.05) is 46.9 Å². The van der Waals surface area contributed by atoms with E-state index >= 15 is 4.39 Å². The van der Waals surface area contributed by atoms with Gasteiger partial charge in [-0.15, -0.1) is 13.2 Å². The zero-order chi connectivity index (χ0) is 47.9. The van der Waals surface area contributed by atoms with E-state index < -0.39 is 35.8 Å². The highest BCUT2D eigenvalue weighted by molar-refractivity contribution is 7.22. The lowest BCUT2D eigenvalue weighted by atomic mass is 9.93. The Balaban J connectivity index is 0.855. The standard InChI is InChI=1S/C50H44F4N8O4S2/c1-25-35(32-10-13-41-45(20-32)68-49(56)62-41)18-34(22-58-25)46(63)60-27(3)36-16-30(11-14-43(36)66-50(52,53)54)29-8-7-28(15-29)24-65-42-6-4-5-39(51)38(42)23-59-47(64)37-17-33(21-57-26(37)2)31-9-12-40-44(19-31)67-48(55)61-40/h4-6,9-14,16-22,27-29H,7-8,15,23-24H2,1-3H3,(H2,55,61)(H2,56,62)(H,59,64)(H,60,63). The number of carbonyl (C=O) groups is 2. The van der Waals surface area contributed by atoms with E-state index in [1.165, 1.54) is 41.0 Å². The van der Waals surface area contributed by atoms with E-state index in [2.05, 4.69) is 35.3 Å². The number of halogens is 4. The lowest BCUT2D eigenvalue weighted by Gasteiger charge is -2.22. The number of hydrogen-bond donors (Lipinski definition) is 4. The Morgan fingerprint density at radius 1 is 0.809 bits per heavy atom. The molecule has 1 fully saturated rings. The number of thiazole rings is 2. The second-order valence-electron chi connectivity index (χ2n) is 16.8. The maximum Gasteiger partial charge on any atom is 0.573 e.